The van der Waals surface area contributed by atoms with Crippen molar-refractivity contribution in [3.05, 3.63) is 52.2 Å². The summed E-state index contributed by atoms with van der Waals surface area (Å²) < 4.78 is 38.4. The fraction of sp³-hybridized carbons (Fsp3) is 0.214. The summed E-state index contributed by atoms with van der Waals surface area (Å²) >= 11 is 7.08. The number of aromatic nitrogens is 1. The molecule has 1 heterocycles. The molecule has 0 aliphatic heterocycles. The van der Waals surface area contributed by atoms with Crippen molar-refractivity contribution in [3.8, 4) is 0 Å². The highest BCUT2D eigenvalue weighted by atomic mass is 35.5. The Balaban J connectivity index is 2.47. The molecule has 0 unspecified atom stereocenters. The first-order valence-corrected chi connectivity index (χ1v) is 7.38. The minimum Gasteiger partial charge on any atom is -0.392 e. The molecule has 0 aliphatic carbocycles. The van der Waals surface area contributed by atoms with Crippen molar-refractivity contribution in [3.63, 3.8) is 0 Å². The van der Waals surface area contributed by atoms with Gasteiger partial charge in [0, 0.05) is 23.2 Å². The lowest BCUT2D eigenvalue weighted by molar-refractivity contribution is -0.137. The molecular weight excluding hydrogens is 337 g/mol. The molecule has 8 heteroatoms. The van der Waals surface area contributed by atoms with E-state index in [2.05, 4.69) is 4.98 Å². The number of pyridine rings is 1. The third-order valence-corrected chi connectivity index (χ3v) is 4.54. The van der Waals surface area contributed by atoms with Crippen molar-refractivity contribution >= 4 is 23.4 Å². The maximum Gasteiger partial charge on any atom is 0.416 e. The predicted molar refractivity (Wildman–Crippen MR) is 78.6 cm³/mol. The number of benzene rings is 1. The van der Waals surface area contributed by atoms with Gasteiger partial charge >= 0.3 is 6.18 Å². The van der Waals surface area contributed by atoms with Crippen LogP contribution in [0.4, 0.5) is 13.2 Å². The number of alkyl halides is 3. The van der Waals surface area contributed by atoms with E-state index in [1.165, 1.54) is 6.20 Å². The Labute approximate surface area is 134 Å². The van der Waals surface area contributed by atoms with Crippen molar-refractivity contribution < 1.29 is 18.3 Å². The topological polar surface area (TPSA) is 59.1 Å². The van der Waals surface area contributed by atoms with E-state index in [9.17, 15) is 18.3 Å². The molecule has 3 nitrogen and oxygen atoms in total. The molecule has 1 aromatic carbocycles. The van der Waals surface area contributed by atoms with E-state index in [1.54, 1.807) is 12.1 Å². The van der Waals surface area contributed by atoms with Crippen LogP contribution in [0, 0.1) is 0 Å². The van der Waals surface area contributed by atoms with Gasteiger partial charge in [0.05, 0.1) is 17.2 Å². The highest BCUT2D eigenvalue weighted by Crippen LogP contribution is 2.40. The highest BCUT2D eigenvalue weighted by molar-refractivity contribution is 7.99. The van der Waals surface area contributed by atoms with Crippen LogP contribution < -0.4 is 5.73 Å². The van der Waals surface area contributed by atoms with Crippen molar-refractivity contribution in [2.75, 3.05) is 0 Å². The maximum atomic E-state index is 12.8. The molecule has 0 amide bonds. The Morgan fingerprint density at radius 1 is 1.27 bits per heavy atom. The van der Waals surface area contributed by atoms with E-state index in [0.717, 1.165) is 23.9 Å². The molecule has 0 bridgehead atoms. The van der Waals surface area contributed by atoms with Crippen molar-refractivity contribution in [1.82, 2.24) is 4.98 Å². The van der Waals surface area contributed by atoms with Gasteiger partial charge in [0.2, 0.25) is 0 Å². The van der Waals surface area contributed by atoms with Gasteiger partial charge in [-0.25, -0.2) is 4.98 Å². The normalized spacial score (nSPS) is 11.7. The molecule has 118 valence electrons. The van der Waals surface area contributed by atoms with Crippen LogP contribution in [0.3, 0.4) is 0 Å². The number of hydrogen-bond acceptors (Lipinski definition) is 4. The third-order valence-electron chi connectivity index (χ3n) is 2.89. The fourth-order valence-corrected chi connectivity index (χ4v) is 3.17. The Morgan fingerprint density at radius 3 is 2.59 bits per heavy atom. The van der Waals surface area contributed by atoms with E-state index in [-0.39, 0.29) is 23.7 Å². The quantitative estimate of drug-likeness (QED) is 0.881. The number of aliphatic hydroxyl groups excluding tert-OH is 1. The molecule has 22 heavy (non-hydrogen) atoms. The average molecular weight is 349 g/mol. The fourth-order valence-electron chi connectivity index (χ4n) is 1.81. The summed E-state index contributed by atoms with van der Waals surface area (Å²) in [5.41, 5.74) is 5.54. The van der Waals surface area contributed by atoms with Crippen LogP contribution in [0.25, 0.3) is 0 Å². The zero-order valence-corrected chi connectivity index (χ0v) is 12.8. The molecule has 3 N–H and O–H groups in total. The first-order chi connectivity index (χ1) is 10.4. The molecule has 0 radical (unpaired) electrons. The largest absolute Gasteiger partial charge is 0.416 e. The van der Waals surface area contributed by atoms with Crippen LogP contribution in [0.15, 0.2) is 40.4 Å². The van der Waals surface area contributed by atoms with Crippen molar-refractivity contribution in [2.24, 2.45) is 5.73 Å². The van der Waals surface area contributed by atoms with Gasteiger partial charge in [-0.3, -0.25) is 0 Å². The third kappa shape index (κ3) is 3.73. The molecule has 0 spiro atoms. The van der Waals surface area contributed by atoms with Crippen LogP contribution in [0.5, 0.6) is 0 Å². The van der Waals surface area contributed by atoms with Crippen molar-refractivity contribution in [1.29, 1.82) is 0 Å². The number of nitrogens with two attached hydrogens (primary N) is 1. The molecule has 2 aromatic rings. The highest BCUT2D eigenvalue weighted by Gasteiger charge is 2.32. The minimum atomic E-state index is -4.49. The van der Waals surface area contributed by atoms with E-state index in [1.807, 2.05) is 0 Å². The van der Waals surface area contributed by atoms with Gasteiger partial charge in [0.15, 0.2) is 0 Å². The first-order valence-electron chi connectivity index (χ1n) is 6.19. The van der Waals surface area contributed by atoms with E-state index in [4.69, 9.17) is 17.3 Å². The standard InChI is InChI=1S/C14H12ClF3N2OS/c15-11-5-10(14(16,17)18)4-9(6-19)12(11)22-13-8(7-21)2-1-3-20-13/h1-5,21H,6-7,19H2. The summed E-state index contributed by atoms with van der Waals surface area (Å²) in [5, 5.41) is 9.71. The SMILES string of the molecule is NCc1cc(C(F)(F)F)cc(Cl)c1Sc1ncccc1CO. The predicted octanol–water partition coefficient (Wildman–Crippen LogP) is 3.86. The summed E-state index contributed by atoms with van der Waals surface area (Å²) in [6, 6.07) is 5.18. The van der Waals surface area contributed by atoms with Gasteiger partial charge in [-0.05, 0) is 23.8 Å². The van der Waals surface area contributed by atoms with Gasteiger partial charge in [-0.1, -0.05) is 29.4 Å². The molecule has 0 fully saturated rings. The van der Waals surface area contributed by atoms with Gasteiger partial charge in [0.25, 0.3) is 0 Å². The zero-order chi connectivity index (χ0) is 16.3. The van der Waals surface area contributed by atoms with Gasteiger partial charge < -0.3 is 10.8 Å². The zero-order valence-electron chi connectivity index (χ0n) is 11.2. The molecular formula is C14H12ClF3N2OS. The molecule has 0 saturated heterocycles. The van der Waals surface area contributed by atoms with Crippen molar-refractivity contribution in [2.45, 2.75) is 29.2 Å². The van der Waals surface area contributed by atoms with Gasteiger partial charge in [-0.2, -0.15) is 13.2 Å². The smallest absolute Gasteiger partial charge is 0.392 e. The van der Waals surface area contributed by atoms with E-state index >= 15 is 0 Å². The molecule has 2 rings (SSSR count). The summed E-state index contributed by atoms with van der Waals surface area (Å²) in [7, 11) is 0. The molecule has 0 saturated carbocycles. The van der Waals surface area contributed by atoms with Crippen LogP contribution in [-0.4, -0.2) is 10.1 Å². The lowest BCUT2D eigenvalue weighted by atomic mass is 10.1. The Kier molecular flexibility index (Phi) is 5.33. The maximum absolute atomic E-state index is 12.8. The monoisotopic (exact) mass is 348 g/mol. The number of aliphatic hydroxyl groups is 1. The molecule has 0 aliphatic rings. The summed E-state index contributed by atoms with van der Waals surface area (Å²) in [5.74, 6) is 0. The summed E-state index contributed by atoms with van der Waals surface area (Å²) in [4.78, 5) is 4.52. The van der Waals surface area contributed by atoms with Gasteiger partial charge in [0.1, 0.15) is 5.03 Å². The van der Waals surface area contributed by atoms with E-state index < -0.39 is 11.7 Å². The number of halogens is 4. The Hall–Kier alpha value is -1.28. The van der Waals surface area contributed by atoms with Crippen LogP contribution in [0.1, 0.15) is 16.7 Å². The number of hydrogen-bond donors (Lipinski definition) is 2. The lowest BCUT2D eigenvalue weighted by Crippen LogP contribution is -2.08. The second-order valence-corrected chi connectivity index (χ2v) is 5.78. The van der Waals surface area contributed by atoms with Crippen LogP contribution >= 0.6 is 23.4 Å². The average Bonchev–Trinajstić information content (AvgIpc) is 2.48. The van der Waals surface area contributed by atoms with Gasteiger partial charge in [-0.15, -0.1) is 0 Å². The summed E-state index contributed by atoms with van der Waals surface area (Å²) in [6.07, 6.45) is -2.96. The molecule has 0 atom stereocenters. The number of rotatable bonds is 4. The molecule has 1 aromatic heterocycles. The second-order valence-electron chi connectivity index (χ2n) is 4.38. The number of nitrogens with zero attached hydrogens (tertiary/aromatic N) is 1. The Morgan fingerprint density at radius 2 is 2.00 bits per heavy atom. The minimum absolute atomic E-state index is 0.0465. The second kappa shape index (κ2) is 6.87. The first kappa shape index (κ1) is 17.1. The summed E-state index contributed by atoms with van der Waals surface area (Å²) in [6.45, 7) is -0.320. The van der Waals surface area contributed by atoms with Crippen LogP contribution in [-0.2, 0) is 19.3 Å². The lowest BCUT2D eigenvalue weighted by Gasteiger charge is -2.15. The van der Waals surface area contributed by atoms with E-state index in [0.29, 0.717) is 15.5 Å². The Bertz CT molecular complexity index is 680. The van der Waals surface area contributed by atoms with Crippen LogP contribution in [0.2, 0.25) is 5.02 Å².